The van der Waals surface area contributed by atoms with Crippen LogP contribution in [-0.4, -0.2) is 98.1 Å². The van der Waals surface area contributed by atoms with Gasteiger partial charge in [-0.3, -0.25) is 14.4 Å². The molecule has 1 aliphatic carbocycles. The van der Waals surface area contributed by atoms with Crippen molar-refractivity contribution in [2.24, 2.45) is 5.92 Å². The minimum atomic E-state index is -1.17. The minimum Gasteiger partial charge on any atom is -0.875 e. The molecule has 0 aromatic rings. The summed E-state index contributed by atoms with van der Waals surface area (Å²) < 4.78 is 0. The first kappa shape index (κ1) is 20.2. The Labute approximate surface area is 159 Å². The summed E-state index contributed by atoms with van der Waals surface area (Å²) in [7, 11) is 0. The van der Waals surface area contributed by atoms with Crippen molar-refractivity contribution in [1.29, 1.82) is 0 Å². The number of hydrogen-bond donors (Lipinski definition) is 1. The molecular formula is C10H11Ca2O5+. The smallest absolute Gasteiger partial charge is 0.875 e. The summed E-state index contributed by atoms with van der Waals surface area (Å²) in [5.74, 6) is -3.90. The maximum atomic E-state index is 11.4. The summed E-state index contributed by atoms with van der Waals surface area (Å²) >= 11 is 0. The molecule has 84 valence electrons. The molecule has 0 aromatic heterocycles. The Balaban J connectivity index is 0. The number of carboxylic acid groups (broad SMARTS) is 1. The first-order valence-electron chi connectivity index (χ1n) is 4.66. The van der Waals surface area contributed by atoms with Crippen LogP contribution in [0.15, 0.2) is 11.3 Å². The molecule has 1 N–H and O–H groups in total. The summed E-state index contributed by atoms with van der Waals surface area (Å²) in [6, 6.07) is 0. The fraction of sp³-hybridized carbons (Fsp3) is 0.500. The molecular weight excluding hydrogens is 280 g/mol. The van der Waals surface area contributed by atoms with Gasteiger partial charge in [0.1, 0.15) is 0 Å². The van der Waals surface area contributed by atoms with Gasteiger partial charge in [-0.25, -0.2) is 0 Å². The zero-order chi connectivity index (χ0) is 11.6. The molecule has 0 saturated heterocycles. The zero-order valence-electron chi connectivity index (χ0n) is 9.69. The summed E-state index contributed by atoms with van der Waals surface area (Å²) in [5.41, 5.74) is -0.324. The van der Waals surface area contributed by atoms with Crippen molar-refractivity contribution < 1.29 is 24.6 Å². The van der Waals surface area contributed by atoms with E-state index in [9.17, 15) is 19.5 Å². The molecule has 0 atom stereocenters. The van der Waals surface area contributed by atoms with Crippen molar-refractivity contribution in [3.8, 4) is 0 Å². The van der Waals surface area contributed by atoms with Gasteiger partial charge in [0.25, 0.3) is 0 Å². The Bertz CT molecular complexity index is 342. The predicted molar refractivity (Wildman–Crippen MR) is 59.2 cm³/mol. The average molecular weight is 291 g/mol. The predicted octanol–water partition coefficient (Wildman–Crippen LogP) is -1.12. The van der Waals surface area contributed by atoms with E-state index < -0.39 is 29.2 Å². The van der Waals surface area contributed by atoms with Gasteiger partial charge in [0.15, 0.2) is 11.6 Å². The van der Waals surface area contributed by atoms with Crippen LogP contribution in [0.25, 0.3) is 0 Å². The van der Waals surface area contributed by atoms with Crippen LogP contribution >= 0.6 is 0 Å². The van der Waals surface area contributed by atoms with Crippen LogP contribution in [0.4, 0.5) is 0 Å². The van der Waals surface area contributed by atoms with Crippen LogP contribution in [0, 0.1) is 5.92 Å². The zero-order valence-corrected chi connectivity index (χ0v) is 14.1. The van der Waals surface area contributed by atoms with E-state index >= 15 is 0 Å². The van der Waals surface area contributed by atoms with Crippen molar-refractivity contribution in [3.05, 3.63) is 11.3 Å². The molecule has 7 heteroatoms. The summed E-state index contributed by atoms with van der Waals surface area (Å²) in [6.45, 7) is 1.55. The van der Waals surface area contributed by atoms with E-state index in [1.165, 1.54) is 0 Å². The topological polar surface area (TPSA) is 94.5 Å². The van der Waals surface area contributed by atoms with Crippen LogP contribution in [-0.2, 0) is 14.4 Å². The molecule has 0 heterocycles. The van der Waals surface area contributed by atoms with Gasteiger partial charge in [0, 0.05) is 56.2 Å². The third-order valence-electron chi connectivity index (χ3n) is 2.37. The number of ketones is 2. The Hall–Kier alpha value is 0.869. The average Bonchev–Trinajstić information content (AvgIpc) is 2.16. The normalized spacial score (nSPS) is 19.1. The number of rotatable bonds is 2. The van der Waals surface area contributed by atoms with Gasteiger partial charge in [-0.1, -0.05) is 6.92 Å². The maximum absolute atomic E-state index is 11.4. The van der Waals surface area contributed by atoms with Gasteiger partial charge < -0.3 is 10.2 Å². The van der Waals surface area contributed by atoms with Crippen molar-refractivity contribution in [3.63, 3.8) is 0 Å². The third kappa shape index (κ3) is 5.17. The summed E-state index contributed by atoms with van der Waals surface area (Å²) in [5, 5.41) is 19.9. The Kier molecular flexibility index (Phi) is 10.6. The molecule has 0 amide bonds. The first-order valence-corrected chi connectivity index (χ1v) is 4.66. The second-order valence-electron chi connectivity index (χ2n) is 3.44. The number of aliphatic carboxylic acids is 1. The molecule has 1 rings (SSSR count). The van der Waals surface area contributed by atoms with Crippen molar-refractivity contribution in [1.82, 2.24) is 0 Å². The Morgan fingerprint density at radius 3 is 2.06 bits per heavy atom. The molecule has 5 nitrogen and oxygen atoms in total. The maximum Gasteiger partial charge on any atom is 2.00 e. The molecule has 1 fully saturated rings. The monoisotopic (exact) mass is 291 g/mol. The van der Waals surface area contributed by atoms with E-state index in [0.717, 1.165) is 0 Å². The van der Waals surface area contributed by atoms with Crippen LogP contribution in [0.2, 0.25) is 0 Å². The number of carbonyl (C=O) groups is 3. The van der Waals surface area contributed by atoms with Crippen LogP contribution in [0.3, 0.4) is 0 Å². The van der Waals surface area contributed by atoms with Crippen molar-refractivity contribution in [2.75, 3.05) is 0 Å². The van der Waals surface area contributed by atoms with E-state index in [0.29, 0.717) is 0 Å². The van der Waals surface area contributed by atoms with Crippen molar-refractivity contribution in [2.45, 2.75) is 26.2 Å². The van der Waals surface area contributed by atoms with E-state index in [2.05, 4.69) is 0 Å². The molecule has 0 spiro atoms. The Morgan fingerprint density at radius 2 is 1.76 bits per heavy atom. The molecule has 1 aliphatic rings. The molecule has 1 saturated carbocycles. The largest absolute Gasteiger partial charge is 2.00 e. The van der Waals surface area contributed by atoms with Gasteiger partial charge in [-0.15, -0.1) is 5.76 Å². The Morgan fingerprint density at radius 1 is 1.35 bits per heavy atom. The van der Waals surface area contributed by atoms with Gasteiger partial charge >= 0.3 is 43.7 Å². The van der Waals surface area contributed by atoms with E-state index in [1.54, 1.807) is 6.92 Å². The van der Waals surface area contributed by atoms with Crippen LogP contribution in [0.1, 0.15) is 26.2 Å². The number of carboxylic acids is 1. The van der Waals surface area contributed by atoms with Crippen LogP contribution in [0.5, 0.6) is 0 Å². The van der Waals surface area contributed by atoms with Gasteiger partial charge in [0.05, 0.1) is 5.92 Å². The van der Waals surface area contributed by atoms with Gasteiger partial charge in [-0.05, 0) is 6.42 Å². The standard InChI is InChI=1S/C10H12O5.2Ca/c1-2-6(11)9-7(12)3-5(10(14)15)4-8(9)13;;/h5,11H,2-4H2,1H3,(H,14,15);;/q;;+2/p-1. The quantitative estimate of drug-likeness (QED) is 0.301. The summed E-state index contributed by atoms with van der Waals surface area (Å²) in [6.07, 6.45) is -0.408. The van der Waals surface area contributed by atoms with E-state index in [4.69, 9.17) is 5.11 Å². The minimum absolute atomic E-state index is 0. The van der Waals surface area contributed by atoms with Gasteiger partial charge in [-0.2, -0.15) is 0 Å². The van der Waals surface area contributed by atoms with Crippen molar-refractivity contribution >= 4 is 93.0 Å². The summed E-state index contributed by atoms with van der Waals surface area (Å²) in [4.78, 5) is 33.3. The molecule has 0 aliphatic heterocycles. The molecule has 0 aromatic carbocycles. The second-order valence-corrected chi connectivity index (χ2v) is 3.44. The third-order valence-corrected chi connectivity index (χ3v) is 2.37. The van der Waals surface area contributed by atoms with E-state index in [-0.39, 0.29) is 100 Å². The van der Waals surface area contributed by atoms with Crippen LogP contribution < -0.4 is 5.11 Å². The van der Waals surface area contributed by atoms with E-state index in [1.807, 2.05) is 0 Å². The first-order chi connectivity index (χ1) is 6.97. The number of hydrogen-bond acceptors (Lipinski definition) is 4. The number of Topliss-reactive ketones (excluding diaryl/α,β-unsaturated/α-hetero) is 2. The van der Waals surface area contributed by atoms with Gasteiger partial charge in [0.2, 0.25) is 0 Å². The fourth-order valence-electron chi connectivity index (χ4n) is 1.54. The second kappa shape index (κ2) is 8.88. The molecule has 0 bridgehead atoms. The fourth-order valence-corrected chi connectivity index (χ4v) is 1.54. The number of carbonyl (C=O) groups excluding carboxylic acids is 2. The SMILES string of the molecule is CCC([O-])=C1C(=O)CC(C(=O)O)CC1=O.[Ca+2].[Ca]. The molecule has 0 unspecified atom stereocenters. The molecule has 2 radical (unpaired) electrons. The number of allylic oxidation sites excluding steroid dienone is 2. The molecule has 17 heavy (non-hydrogen) atoms.